The molecule has 22 heavy (non-hydrogen) atoms. The predicted octanol–water partition coefficient (Wildman–Crippen LogP) is 0.198. The van der Waals surface area contributed by atoms with Crippen molar-refractivity contribution < 1.29 is 8.42 Å². The lowest BCUT2D eigenvalue weighted by molar-refractivity contribution is 0.388. The standard InChI is InChI=1S/C13H22ClN5O2S/c1-10-11(9-16-17-15)7-12(14)8-13(10)18-3-5-19(6-4-18)22(2,20)21/h7-8,16-17H,3-6,9,15H2,1-2H3. The van der Waals surface area contributed by atoms with E-state index in [0.717, 1.165) is 16.8 Å². The molecule has 1 aliphatic rings. The highest BCUT2D eigenvalue weighted by atomic mass is 35.5. The molecular weight excluding hydrogens is 326 g/mol. The number of piperazine rings is 1. The molecule has 2 rings (SSSR count). The first-order valence-corrected chi connectivity index (χ1v) is 9.23. The second kappa shape index (κ2) is 7.12. The molecule has 1 aliphatic heterocycles. The molecule has 1 saturated heterocycles. The number of hydrogen-bond donors (Lipinski definition) is 3. The smallest absolute Gasteiger partial charge is 0.211 e. The highest BCUT2D eigenvalue weighted by molar-refractivity contribution is 7.88. The number of halogens is 1. The monoisotopic (exact) mass is 347 g/mol. The molecule has 1 aromatic rings. The third-order valence-corrected chi connectivity index (χ3v) is 5.40. The van der Waals surface area contributed by atoms with E-state index >= 15 is 0 Å². The molecule has 1 aromatic carbocycles. The Morgan fingerprint density at radius 3 is 2.45 bits per heavy atom. The zero-order valence-electron chi connectivity index (χ0n) is 12.8. The van der Waals surface area contributed by atoms with E-state index < -0.39 is 10.0 Å². The maximum Gasteiger partial charge on any atom is 0.211 e. The number of nitrogens with one attached hydrogen (secondary N) is 2. The Hall–Kier alpha value is -0.900. The van der Waals surface area contributed by atoms with Gasteiger partial charge < -0.3 is 4.90 Å². The van der Waals surface area contributed by atoms with Crippen molar-refractivity contribution in [2.24, 2.45) is 5.84 Å². The summed E-state index contributed by atoms with van der Waals surface area (Å²) in [6.45, 7) is 4.86. The summed E-state index contributed by atoms with van der Waals surface area (Å²) in [5.74, 6) is 5.23. The molecule has 0 radical (unpaired) electrons. The van der Waals surface area contributed by atoms with Crippen molar-refractivity contribution >= 4 is 27.3 Å². The van der Waals surface area contributed by atoms with Gasteiger partial charge in [-0.3, -0.25) is 5.84 Å². The molecule has 1 fully saturated rings. The van der Waals surface area contributed by atoms with E-state index in [4.69, 9.17) is 17.4 Å². The van der Waals surface area contributed by atoms with E-state index in [1.54, 1.807) is 0 Å². The van der Waals surface area contributed by atoms with Gasteiger partial charge >= 0.3 is 0 Å². The van der Waals surface area contributed by atoms with Crippen LogP contribution in [0.4, 0.5) is 5.69 Å². The molecule has 7 nitrogen and oxygen atoms in total. The van der Waals surface area contributed by atoms with Gasteiger partial charge in [0, 0.05) is 43.4 Å². The van der Waals surface area contributed by atoms with Crippen molar-refractivity contribution in [1.29, 1.82) is 0 Å². The van der Waals surface area contributed by atoms with E-state index in [9.17, 15) is 8.42 Å². The first-order chi connectivity index (χ1) is 10.3. The maximum atomic E-state index is 11.6. The van der Waals surface area contributed by atoms with Crippen LogP contribution in [0.3, 0.4) is 0 Å². The second-order valence-corrected chi connectivity index (χ2v) is 7.77. The number of sulfonamides is 1. The number of nitrogens with zero attached hydrogens (tertiary/aromatic N) is 2. The highest BCUT2D eigenvalue weighted by Crippen LogP contribution is 2.29. The summed E-state index contributed by atoms with van der Waals surface area (Å²) in [4.78, 5) is 2.17. The third-order valence-electron chi connectivity index (χ3n) is 3.88. The summed E-state index contributed by atoms with van der Waals surface area (Å²) < 4.78 is 24.7. The normalized spacial score (nSPS) is 17.0. The quantitative estimate of drug-likeness (QED) is 0.520. The SMILES string of the molecule is Cc1c(CNNN)cc(Cl)cc1N1CCN(S(C)(=O)=O)CC1. The van der Waals surface area contributed by atoms with Crippen LogP contribution in [0.15, 0.2) is 12.1 Å². The van der Waals surface area contributed by atoms with Gasteiger partial charge in [0.15, 0.2) is 0 Å². The first kappa shape index (κ1) is 17.5. The van der Waals surface area contributed by atoms with Crippen LogP contribution in [0.25, 0.3) is 0 Å². The summed E-state index contributed by atoms with van der Waals surface area (Å²) in [5.41, 5.74) is 8.45. The van der Waals surface area contributed by atoms with Crippen LogP contribution in [0.1, 0.15) is 11.1 Å². The van der Waals surface area contributed by atoms with Gasteiger partial charge in [-0.2, -0.15) is 9.84 Å². The van der Waals surface area contributed by atoms with Crippen molar-refractivity contribution in [3.63, 3.8) is 0 Å². The number of rotatable bonds is 5. The number of anilines is 1. The molecule has 0 spiro atoms. The fourth-order valence-electron chi connectivity index (χ4n) is 2.64. The predicted molar refractivity (Wildman–Crippen MR) is 89.0 cm³/mol. The largest absolute Gasteiger partial charge is 0.369 e. The molecule has 0 amide bonds. The van der Waals surface area contributed by atoms with E-state index in [-0.39, 0.29) is 0 Å². The zero-order valence-corrected chi connectivity index (χ0v) is 14.3. The van der Waals surface area contributed by atoms with E-state index in [1.807, 2.05) is 19.1 Å². The molecule has 0 aromatic heterocycles. The first-order valence-electron chi connectivity index (χ1n) is 7.00. The van der Waals surface area contributed by atoms with Crippen molar-refractivity contribution in [2.75, 3.05) is 37.3 Å². The van der Waals surface area contributed by atoms with Gasteiger partial charge in [-0.1, -0.05) is 11.6 Å². The lowest BCUT2D eigenvalue weighted by Gasteiger charge is -2.36. The van der Waals surface area contributed by atoms with E-state index in [0.29, 0.717) is 37.7 Å². The van der Waals surface area contributed by atoms with Crippen LogP contribution in [0, 0.1) is 6.92 Å². The van der Waals surface area contributed by atoms with Gasteiger partial charge in [0.2, 0.25) is 10.0 Å². The van der Waals surface area contributed by atoms with Crippen LogP contribution in [-0.4, -0.2) is 45.2 Å². The lowest BCUT2D eigenvalue weighted by atomic mass is 10.1. The molecule has 0 aliphatic carbocycles. The van der Waals surface area contributed by atoms with Crippen LogP contribution in [0.5, 0.6) is 0 Å². The Labute approximate surface area is 136 Å². The molecule has 0 bridgehead atoms. The van der Waals surface area contributed by atoms with Crippen molar-refractivity contribution in [3.05, 3.63) is 28.3 Å². The Morgan fingerprint density at radius 2 is 1.91 bits per heavy atom. The maximum absolute atomic E-state index is 11.6. The number of hydrazine groups is 2. The number of hydrogen-bond acceptors (Lipinski definition) is 6. The van der Waals surface area contributed by atoms with Gasteiger partial charge in [0.25, 0.3) is 0 Å². The summed E-state index contributed by atoms with van der Waals surface area (Å²) in [6, 6.07) is 3.82. The average molecular weight is 348 g/mol. The minimum Gasteiger partial charge on any atom is -0.369 e. The molecule has 0 atom stereocenters. The van der Waals surface area contributed by atoms with Gasteiger partial charge in [-0.15, -0.1) is 0 Å². The summed E-state index contributed by atoms with van der Waals surface area (Å²) in [5, 5.41) is 0.653. The van der Waals surface area contributed by atoms with Crippen LogP contribution >= 0.6 is 11.6 Å². The molecular formula is C13H22ClN5O2S. The topological polar surface area (TPSA) is 90.7 Å². The fraction of sp³-hybridized carbons (Fsp3) is 0.538. The van der Waals surface area contributed by atoms with Crippen molar-refractivity contribution in [3.8, 4) is 0 Å². The van der Waals surface area contributed by atoms with Crippen molar-refractivity contribution in [1.82, 2.24) is 15.3 Å². The molecule has 124 valence electrons. The summed E-state index contributed by atoms with van der Waals surface area (Å²) in [7, 11) is -3.12. The molecule has 9 heteroatoms. The Kier molecular flexibility index (Phi) is 5.65. The number of nitrogens with two attached hydrogens (primary N) is 1. The molecule has 0 unspecified atom stereocenters. The second-order valence-electron chi connectivity index (χ2n) is 5.36. The van der Waals surface area contributed by atoms with E-state index in [2.05, 4.69) is 15.9 Å². The molecule has 0 saturated carbocycles. The number of benzene rings is 1. The minimum absolute atomic E-state index is 0.489. The van der Waals surface area contributed by atoms with Gasteiger partial charge in [0.1, 0.15) is 0 Å². The zero-order chi connectivity index (χ0) is 16.3. The average Bonchev–Trinajstić information content (AvgIpc) is 2.47. The van der Waals surface area contributed by atoms with Crippen LogP contribution < -0.4 is 21.7 Å². The van der Waals surface area contributed by atoms with Crippen LogP contribution in [0.2, 0.25) is 5.02 Å². The van der Waals surface area contributed by atoms with E-state index in [1.165, 1.54) is 10.6 Å². The molecule has 4 N–H and O–H groups in total. The molecule has 1 heterocycles. The Bertz CT molecular complexity index is 630. The highest BCUT2D eigenvalue weighted by Gasteiger charge is 2.24. The third kappa shape index (κ3) is 4.09. The summed E-state index contributed by atoms with van der Waals surface area (Å²) >= 11 is 6.21. The Balaban J connectivity index is 2.18. The van der Waals surface area contributed by atoms with Gasteiger partial charge in [0.05, 0.1) is 6.26 Å². The van der Waals surface area contributed by atoms with Gasteiger partial charge in [-0.05, 0) is 30.2 Å². The van der Waals surface area contributed by atoms with Gasteiger partial charge in [-0.25, -0.2) is 13.8 Å². The summed E-state index contributed by atoms with van der Waals surface area (Å²) in [6.07, 6.45) is 1.25. The minimum atomic E-state index is -3.12. The lowest BCUT2D eigenvalue weighted by Crippen LogP contribution is -2.48. The Morgan fingerprint density at radius 1 is 1.27 bits per heavy atom. The van der Waals surface area contributed by atoms with Crippen LogP contribution in [-0.2, 0) is 16.6 Å². The van der Waals surface area contributed by atoms with Crippen molar-refractivity contribution in [2.45, 2.75) is 13.5 Å². The fourth-order valence-corrected chi connectivity index (χ4v) is 3.70.